The summed E-state index contributed by atoms with van der Waals surface area (Å²) in [7, 11) is 0. The Hall–Kier alpha value is -1.39. The number of rotatable bonds is 4. The quantitative estimate of drug-likeness (QED) is 0.744. The van der Waals surface area contributed by atoms with Gasteiger partial charge in [0, 0.05) is 6.54 Å². The molecule has 3 N–H and O–H groups in total. The van der Waals surface area contributed by atoms with Gasteiger partial charge in [0.2, 0.25) is 5.91 Å². The number of nitrogens with one attached hydrogen (secondary N) is 2. The summed E-state index contributed by atoms with van der Waals surface area (Å²) in [4.78, 5) is 12.0. The molecule has 3 atom stereocenters. The first kappa shape index (κ1) is 13.1. The van der Waals surface area contributed by atoms with Crippen molar-refractivity contribution in [3.05, 3.63) is 35.9 Å². The van der Waals surface area contributed by atoms with Crippen molar-refractivity contribution in [2.75, 3.05) is 6.54 Å². The summed E-state index contributed by atoms with van der Waals surface area (Å²) < 4.78 is 0. The van der Waals surface area contributed by atoms with Crippen LogP contribution in [0, 0.1) is 0 Å². The highest BCUT2D eigenvalue weighted by atomic mass is 16.3. The predicted molar refractivity (Wildman–Crippen MR) is 70.0 cm³/mol. The first-order valence-corrected chi connectivity index (χ1v) is 6.47. The van der Waals surface area contributed by atoms with Crippen molar-refractivity contribution in [3.63, 3.8) is 0 Å². The van der Waals surface area contributed by atoms with Gasteiger partial charge in [0.25, 0.3) is 0 Å². The van der Waals surface area contributed by atoms with Gasteiger partial charge in [-0.2, -0.15) is 0 Å². The molecule has 2 rings (SSSR count). The Kier molecular flexibility index (Phi) is 4.33. The van der Waals surface area contributed by atoms with Crippen LogP contribution in [0.1, 0.15) is 31.4 Å². The number of hydrogen-bond donors (Lipinski definition) is 3. The monoisotopic (exact) mass is 248 g/mol. The largest absolute Gasteiger partial charge is 0.392 e. The maximum absolute atomic E-state index is 12.0. The highest BCUT2D eigenvalue weighted by molar-refractivity contribution is 5.82. The molecule has 1 aliphatic rings. The molecule has 0 spiro atoms. The van der Waals surface area contributed by atoms with Crippen molar-refractivity contribution in [1.29, 1.82) is 0 Å². The van der Waals surface area contributed by atoms with Gasteiger partial charge in [0.05, 0.1) is 18.2 Å². The Morgan fingerprint density at radius 2 is 2.22 bits per heavy atom. The number of carbonyl (C=O) groups is 1. The van der Waals surface area contributed by atoms with Crippen molar-refractivity contribution < 1.29 is 9.90 Å². The minimum atomic E-state index is -0.405. The van der Waals surface area contributed by atoms with Gasteiger partial charge >= 0.3 is 0 Å². The van der Waals surface area contributed by atoms with Gasteiger partial charge in [0.15, 0.2) is 0 Å². The molecular formula is C14H20N2O2. The number of aliphatic hydroxyl groups excluding tert-OH is 1. The number of hydrogen-bond acceptors (Lipinski definition) is 3. The fourth-order valence-corrected chi connectivity index (χ4v) is 2.30. The second kappa shape index (κ2) is 5.98. The molecule has 4 heteroatoms. The van der Waals surface area contributed by atoms with E-state index in [0.29, 0.717) is 13.0 Å². The molecule has 0 bridgehead atoms. The molecule has 1 aromatic rings. The third-order valence-corrected chi connectivity index (χ3v) is 3.35. The zero-order chi connectivity index (χ0) is 13.0. The molecule has 1 aromatic carbocycles. The van der Waals surface area contributed by atoms with E-state index in [9.17, 15) is 9.90 Å². The van der Waals surface area contributed by atoms with E-state index in [1.54, 1.807) is 0 Å². The Balaban J connectivity index is 1.96. The third-order valence-electron chi connectivity index (χ3n) is 3.35. The Morgan fingerprint density at radius 3 is 2.78 bits per heavy atom. The first-order valence-electron chi connectivity index (χ1n) is 6.47. The number of aliphatic hydroxyl groups is 1. The van der Waals surface area contributed by atoms with Crippen LogP contribution in [0.4, 0.5) is 0 Å². The lowest BCUT2D eigenvalue weighted by Crippen LogP contribution is -2.41. The normalized spacial score (nSPS) is 24.8. The summed E-state index contributed by atoms with van der Waals surface area (Å²) in [5.41, 5.74) is 1.12. The van der Waals surface area contributed by atoms with E-state index in [1.807, 2.05) is 30.3 Å². The van der Waals surface area contributed by atoms with Gasteiger partial charge in [0.1, 0.15) is 0 Å². The van der Waals surface area contributed by atoms with Crippen molar-refractivity contribution in [3.8, 4) is 0 Å². The molecular weight excluding hydrogens is 228 g/mol. The summed E-state index contributed by atoms with van der Waals surface area (Å²) in [6.07, 6.45) is 0.944. The Morgan fingerprint density at radius 1 is 1.50 bits per heavy atom. The maximum Gasteiger partial charge on any atom is 0.237 e. The molecule has 0 radical (unpaired) electrons. The fraction of sp³-hybridized carbons (Fsp3) is 0.500. The van der Waals surface area contributed by atoms with E-state index in [4.69, 9.17) is 0 Å². The van der Waals surface area contributed by atoms with Gasteiger partial charge < -0.3 is 15.7 Å². The lowest BCUT2D eigenvalue weighted by Gasteiger charge is -2.20. The highest BCUT2D eigenvalue weighted by Crippen LogP contribution is 2.17. The van der Waals surface area contributed by atoms with Gasteiger partial charge in [-0.05, 0) is 18.4 Å². The number of benzene rings is 1. The summed E-state index contributed by atoms with van der Waals surface area (Å²) >= 11 is 0. The minimum Gasteiger partial charge on any atom is -0.392 e. The Bertz CT molecular complexity index is 394. The highest BCUT2D eigenvalue weighted by Gasteiger charge is 2.29. The van der Waals surface area contributed by atoms with E-state index in [2.05, 4.69) is 17.6 Å². The van der Waals surface area contributed by atoms with Crippen molar-refractivity contribution in [2.45, 2.75) is 38.0 Å². The molecule has 1 aliphatic heterocycles. The smallest absolute Gasteiger partial charge is 0.237 e. The molecule has 98 valence electrons. The van der Waals surface area contributed by atoms with Crippen LogP contribution in [0.15, 0.2) is 30.3 Å². The van der Waals surface area contributed by atoms with Gasteiger partial charge in [-0.1, -0.05) is 37.3 Å². The number of amides is 1. The van der Waals surface area contributed by atoms with Gasteiger partial charge in [-0.3, -0.25) is 4.79 Å². The van der Waals surface area contributed by atoms with E-state index >= 15 is 0 Å². The molecule has 18 heavy (non-hydrogen) atoms. The van der Waals surface area contributed by atoms with Gasteiger partial charge in [-0.15, -0.1) is 0 Å². The van der Waals surface area contributed by atoms with Crippen LogP contribution in [-0.2, 0) is 4.79 Å². The average Bonchev–Trinajstić information content (AvgIpc) is 2.83. The molecule has 1 heterocycles. The van der Waals surface area contributed by atoms with Crippen LogP contribution < -0.4 is 10.6 Å². The van der Waals surface area contributed by atoms with Crippen LogP contribution in [-0.4, -0.2) is 29.7 Å². The van der Waals surface area contributed by atoms with Gasteiger partial charge in [-0.25, -0.2) is 0 Å². The second-order valence-corrected chi connectivity index (χ2v) is 4.73. The van der Waals surface area contributed by atoms with E-state index in [0.717, 1.165) is 12.0 Å². The topological polar surface area (TPSA) is 61.4 Å². The third kappa shape index (κ3) is 3.09. The zero-order valence-corrected chi connectivity index (χ0v) is 10.6. The van der Waals surface area contributed by atoms with Crippen LogP contribution in [0.3, 0.4) is 0 Å². The number of β-amino-alcohol motifs (C(OH)–C–C–N with tert-alkyl or cyclic N) is 1. The SMILES string of the molecule is CCC(NC(=O)C1CC(O)CN1)c1ccccc1. The standard InChI is InChI=1S/C14H20N2O2/c1-2-12(10-6-4-3-5-7-10)16-14(18)13-8-11(17)9-15-13/h3-7,11-13,15,17H,2,8-9H2,1H3,(H,16,18). The molecule has 1 amide bonds. The summed E-state index contributed by atoms with van der Waals surface area (Å²) in [6.45, 7) is 2.55. The van der Waals surface area contributed by atoms with E-state index in [-0.39, 0.29) is 18.0 Å². The minimum absolute atomic E-state index is 0.0257. The van der Waals surface area contributed by atoms with E-state index in [1.165, 1.54) is 0 Å². The molecule has 1 saturated heterocycles. The lowest BCUT2D eigenvalue weighted by atomic mass is 10.0. The summed E-state index contributed by atoms with van der Waals surface area (Å²) in [5, 5.41) is 15.5. The molecule has 4 nitrogen and oxygen atoms in total. The molecule has 3 unspecified atom stereocenters. The fourth-order valence-electron chi connectivity index (χ4n) is 2.30. The molecule has 0 aliphatic carbocycles. The summed E-state index contributed by atoms with van der Waals surface area (Å²) in [6, 6.07) is 9.73. The van der Waals surface area contributed by atoms with Crippen molar-refractivity contribution >= 4 is 5.91 Å². The van der Waals surface area contributed by atoms with Crippen molar-refractivity contribution in [1.82, 2.24) is 10.6 Å². The lowest BCUT2D eigenvalue weighted by molar-refractivity contribution is -0.123. The second-order valence-electron chi connectivity index (χ2n) is 4.73. The predicted octanol–water partition coefficient (Wildman–Crippen LogP) is 0.977. The average molecular weight is 248 g/mol. The van der Waals surface area contributed by atoms with Crippen LogP contribution in [0.2, 0.25) is 0 Å². The zero-order valence-electron chi connectivity index (χ0n) is 10.6. The Labute approximate surface area is 107 Å². The van der Waals surface area contributed by atoms with E-state index < -0.39 is 6.10 Å². The number of carbonyl (C=O) groups excluding carboxylic acids is 1. The molecule has 0 aromatic heterocycles. The first-order chi connectivity index (χ1) is 8.70. The molecule has 0 saturated carbocycles. The van der Waals surface area contributed by atoms with Crippen LogP contribution >= 0.6 is 0 Å². The molecule has 1 fully saturated rings. The van der Waals surface area contributed by atoms with Crippen molar-refractivity contribution in [2.24, 2.45) is 0 Å². The van der Waals surface area contributed by atoms with Crippen LogP contribution in [0.25, 0.3) is 0 Å². The van der Waals surface area contributed by atoms with Crippen LogP contribution in [0.5, 0.6) is 0 Å². The maximum atomic E-state index is 12.0. The summed E-state index contributed by atoms with van der Waals surface area (Å²) in [5.74, 6) is -0.0257.